The molecule has 1 aromatic carbocycles. The molecule has 5 nitrogen and oxygen atoms in total. The van der Waals surface area contributed by atoms with Gasteiger partial charge in [0.15, 0.2) is 0 Å². The van der Waals surface area contributed by atoms with Crippen molar-refractivity contribution in [2.75, 3.05) is 13.2 Å². The molecule has 1 saturated heterocycles. The van der Waals surface area contributed by atoms with Crippen LogP contribution >= 0.6 is 0 Å². The van der Waals surface area contributed by atoms with Crippen molar-refractivity contribution in [2.45, 2.75) is 25.3 Å². The van der Waals surface area contributed by atoms with Gasteiger partial charge in [0.2, 0.25) is 0 Å². The van der Waals surface area contributed by atoms with Gasteiger partial charge in [0, 0.05) is 31.4 Å². The normalized spacial score (nSPS) is 15.5. The summed E-state index contributed by atoms with van der Waals surface area (Å²) in [5.41, 5.74) is 2.42. The van der Waals surface area contributed by atoms with Crippen LogP contribution in [0.25, 0.3) is 0 Å². The highest BCUT2D eigenvalue weighted by Gasteiger charge is 2.19. The van der Waals surface area contributed by atoms with Gasteiger partial charge < -0.3 is 10.1 Å². The van der Waals surface area contributed by atoms with Gasteiger partial charge in [-0.2, -0.15) is 0 Å². The van der Waals surface area contributed by atoms with Crippen molar-refractivity contribution in [3.63, 3.8) is 0 Å². The molecule has 1 fully saturated rings. The third-order valence-electron chi connectivity index (χ3n) is 3.86. The number of carbonyl (C=O) groups excluding carboxylic acids is 1. The molecule has 0 spiro atoms. The molecular formula is C17H19N3O2. The van der Waals surface area contributed by atoms with E-state index >= 15 is 0 Å². The van der Waals surface area contributed by atoms with E-state index < -0.39 is 0 Å². The third kappa shape index (κ3) is 3.68. The van der Waals surface area contributed by atoms with E-state index in [9.17, 15) is 4.79 Å². The van der Waals surface area contributed by atoms with E-state index in [0.29, 0.717) is 18.2 Å². The summed E-state index contributed by atoms with van der Waals surface area (Å²) in [5, 5.41) is 2.89. The fourth-order valence-corrected chi connectivity index (χ4v) is 2.58. The summed E-state index contributed by atoms with van der Waals surface area (Å²) in [5.74, 6) is 0.192. The molecule has 1 N–H and O–H groups in total. The number of hydrogen-bond donors (Lipinski definition) is 1. The predicted molar refractivity (Wildman–Crippen MR) is 82.4 cm³/mol. The molecule has 0 unspecified atom stereocenters. The topological polar surface area (TPSA) is 64.1 Å². The number of carbonyl (C=O) groups is 1. The van der Waals surface area contributed by atoms with Gasteiger partial charge in [-0.3, -0.25) is 4.79 Å². The van der Waals surface area contributed by atoms with Crippen LogP contribution < -0.4 is 5.32 Å². The SMILES string of the molecule is O=C(NCc1ccccc1)c1cc(C2CCOCC2)ncn1. The number of ether oxygens (including phenoxy) is 1. The summed E-state index contributed by atoms with van der Waals surface area (Å²) in [4.78, 5) is 20.6. The van der Waals surface area contributed by atoms with Crippen LogP contribution in [0.2, 0.25) is 0 Å². The van der Waals surface area contributed by atoms with Crippen LogP contribution in [-0.4, -0.2) is 29.1 Å². The van der Waals surface area contributed by atoms with Crippen LogP contribution in [0.1, 0.15) is 40.5 Å². The molecule has 0 saturated carbocycles. The van der Waals surface area contributed by atoms with Gasteiger partial charge in [-0.1, -0.05) is 30.3 Å². The molecule has 0 atom stereocenters. The maximum Gasteiger partial charge on any atom is 0.270 e. The first-order chi connectivity index (χ1) is 10.8. The van der Waals surface area contributed by atoms with Gasteiger partial charge in [-0.25, -0.2) is 9.97 Å². The number of nitrogens with zero attached hydrogens (tertiary/aromatic N) is 2. The van der Waals surface area contributed by atoms with Crippen LogP contribution in [0.15, 0.2) is 42.7 Å². The molecule has 0 bridgehead atoms. The van der Waals surface area contributed by atoms with Crippen molar-refractivity contribution in [1.29, 1.82) is 0 Å². The smallest absolute Gasteiger partial charge is 0.270 e. The summed E-state index contributed by atoms with van der Waals surface area (Å²) < 4.78 is 5.36. The zero-order valence-electron chi connectivity index (χ0n) is 12.4. The minimum atomic E-state index is -0.167. The predicted octanol–water partition coefficient (Wildman–Crippen LogP) is 2.30. The first-order valence-electron chi connectivity index (χ1n) is 7.55. The number of amides is 1. The van der Waals surface area contributed by atoms with E-state index in [1.165, 1.54) is 6.33 Å². The number of benzene rings is 1. The van der Waals surface area contributed by atoms with E-state index in [-0.39, 0.29) is 5.91 Å². The van der Waals surface area contributed by atoms with E-state index in [1.54, 1.807) is 6.07 Å². The summed E-state index contributed by atoms with van der Waals surface area (Å²) >= 11 is 0. The molecule has 22 heavy (non-hydrogen) atoms. The fourth-order valence-electron chi connectivity index (χ4n) is 2.58. The van der Waals surface area contributed by atoms with Crippen molar-refractivity contribution < 1.29 is 9.53 Å². The molecule has 1 aliphatic rings. The average Bonchev–Trinajstić information content (AvgIpc) is 2.61. The van der Waals surface area contributed by atoms with Crippen LogP contribution in [0, 0.1) is 0 Å². The van der Waals surface area contributed by atoms with Gasteiger partial charge in [-0.15, -0.1) is 0 Å². The van der Waals surface area contributed by atoms with E-state index in [2.05, 4.69) is 15.3 Å². The Morgan fingerprint density at radius 3 is 2.73 bits per heavy atom. The maximum absolute atomic E-state index is 12.2. The summed E-state index contributed by atoms with van der Waals surface area (Å²) in [6.07, 6.45) is 3.37. The largest absolute Gasteiger partial charge is 0.381 e. The summed E-state index contributed by atoms with van der Waals surface area (Å²) in [7, 11) is 0. The zero-order chi connectivity index (χ0) is 15.2. The van der Waals surface area contributed by atoms with Crippen LogP contribution in [0.5, 0.6) is 0 Å². The van der Waals surface area contributed by atoms with Crippen molar-refractivity contribution in [3.05, 3.63) is 59.7 Å². The minimum Gasteiger partial charge on any atom is -0.381 e. The van der Waals surface area contributed by atoms with Gasteiger partial charge in [0.25, 0.3) is 5.91 Å². The van der Waals surface area contributed by atoms with Crippen LogP contribution in [-0.2, 0) is 11.3 Å². The highest BCUT2D eigenvalue weighted by atomic mass is 16.5. The molecule has 0 aliphatic carbocycles. The Morgan fingerprint density at radius 2 is 1.95 bits per heavy atom. The lowest BCUT2D eigenvalue weighted by atomic mass is 9.96. The number of rotatable bonds is 4. The molecular weight excluding hydrogens is 278 g/mol. The third-order valence-corrected chi connectivity index (χ3v) is 3.86. The van der Waals surface area contributed by atoms with Gasteiger partial charge in [0.05, 0.1) is 0 Å². The lowest BCUT2D eigenvalue weighted by molar-refractivity contribution is 0.0844. The maximum atomic E-state index is 12.2. The molecule has 3 rings (SSSR count). The molecule has 5 heteroatoms. The van der Waals surface area contributed by atoms with E-state index in [4.69, 9.17) is 4.74 Å². The fraction of sp³-hybridized carbons (Fsp3) is 0.353. The van der Waals surface area contributed by atoms with E-state index in [0.717, 1.165) is 37.3 Å². The van der Waals surface area contributed by atoms with E-state index in [1.807, 2.05) is 30.3 Å². The average molecular weight is 297 g/mol. The highest BCUT2D eigenvalue weighted by molar-refractivity contribution is 5.92. The standard InChI is InChI=1S/C17H19N3O2/c21-17(18-11-13-4-2-1-3-5-13)16-10-15(19-12-20-16)14-6-8-22-9-7-14/h1-5,10,12,14H,6-9,11H2,(H,18,21). The Hall–Kier alpha value is -2.27. The van der Waals surface area contributed by atoms with Crippen molar-refractivity contribution in [2.24, 2.45) is 0 Å². The zero-order valence-corrected chi connectivity index (χ0v) is 12.4. The second kappa shape index (κ2) is 7.13. The first-order valence-corrected chi connectivity index (χ1v) is 7.55. The summed E-state index contributed by atoms with van der Waals surface area (Å²) in [6.45, 7) is 2.00. The molecule has 1 amide bonds. The molecule has 1 aliphatic heterocycles. The molecule has 2 aromatic rings. The van der Waals surface area contributed by atoms with Gasteiger partial charge in [-0.05, 0) is 24.5 Å². The monoisotopic (exact) mass is 297 g/mol. The quantitative estimate of drug-likeness (QED) is 0.940. The van der Waals surface area contributed by atoms with Gasteiger partial charge >= 0.3 is 0 Å². The lowest BCUT2D eigenvalue weighted by Crippen LogP contribution is -2.24. The highest BCUT2D eigenvalue weighted by Crippen LogP contribution is 2.25. The minimum absolute atomic E-state index is 0.167. The van der Waals surface area contributed by atoms with Crippen LogP contribution in [0.4, 0.5) is 0 Å². The molecule has 1 aromatic heterocycles. The Morgan fingerprint density at radius 1 is 1.18 bits per heavy atom. The van der Waals surface area contributed by atoms with Crippen molar-refractivity contribution in [3.8, 4) is 0 Å². The number of aromatic nitrogens is 2. The van der Waals surface area contributed by atoms with Crippen LogP contribution in [0.3, 0.4) is 0 Å². The second-order valence-corrected chi connectivity index (χ2v) is 5.38. The summed E-state index contributed by atoms with van der Waals surface area (Å²) in [6, 6.07) is 11.6. The number of nitrogens with one attached hydrogen (secondary N) is 1. The Labute approximate surface area is 129 Å². The van der Waals surface area contributed by atoms with Crippen molar-refractivity contribution in [1.82, 2.24) is 15.3 Å². The molecule has 2 heterocycles. The Balaban J connectivity index is 1.64. The molecule has 114 valence electrons. The second-order valence-electron chi connectivity index (χ2n) is 5.38. The first kappa shape index (κ1) is 14.7. The Kier molecular flexibility index (Phi) is 4.75. The number of hydrogen-bond acceptors (Lipinski definition) is 4. The molecule has 0 radical (unpaired) electrons. The Bertz CT molecular complexity index is 625. The lowest BCUT2D eigenvalue weighted by Gasteiger charge is -2.21. The van der Waals surface area contributed by atoms with Crippen molar-refractivity contribution >= 4 is 5.91 Å². The van der Waals surface area contributed by atoms with Gasteiger partial charge in [0.1, 0.15) is 12.0 Å².